The highest BCUT2D eigenvalue weighted by Gasteiger charge is 2.20. The molecule has 0 amide bonds. The number of likely N-dealkylation sites (N-methyl/N-ethyl adjacent to an activating group) is 1. The number of nitrogens with zero attached hydrogens (tertiary/aromatic N) is 1. The first-order valence-corrected chi connectivity index (χ1v) is 5.32. The molecule has 3 heteroatoms. The molecule has 0 aromatic rings. The van der Waals surface area contributed by atoms with Crippen LogP contribution in [-0.4, -0.2) is 48.8 Å². The van der Waals surface area contributed by atoms with E-state index in [1.807, 2.05) is 0 Å². The zero-order valence-electron chi connectivity index (χ0n) is 8.79. The summed E-state index contributed by atoms with van der Waals surface area (Å²) in [6, 6.07) is 0.260. The summed E-state index contributed by atoms with van der Waals surface area (Å²) in [7, 11) is 0. The van der Waals surface area contributed by atoms with Crippen LogP contribution >= 0.6 is 0 Å². The highest BCUT2D eigenvalue weighted by molar-refractivity contribution is 4.77. The zero-order chi connectivity index (χ0) is 9.68. The van der Waals surface area contributed by atoms with Crippen molar-refractivity contribution in [2.75, 3.05) is 32.8 Å². The molecule has 1 heterocycles. The summed E-state index contributed by atoms with van der Waals surface area (Å²) in [6.07, 6.45) is 1.31. The third-order valence-corrected chi connectivity index (χ3v) is 2.70. The van der Waals surface area contributed by atoms with Crippen molar-refractivity contribution >= 4 is 0 Å². The molecule has 2 unspecified atom stereocenters. The number of hydrogen-bond acceptors (Lipinski definition) is 3. The Kier molecular flexibility index (Phi) is 4.70. The second-order valence-electron chi connectivity index (χ2n) is 4.09. The predicted octanol–water partition coefficient (Wildman–Crippen LogP) is 0.299. The van der Waals surface area contributed by atoms with Gasteiger partial charge in [0.05, 0.1) is 6.61 Å². The molecule has 0 aromatic carbocycles. The SMILES string of the molecule is CCNC(CO)CN1CCC(C)C1. The molecule has 1 aliphatic heterocycles. The molecule has 3 nitrogen and oxygen atoms in total. The second-order valence-corrected chi connectivity index (χ2v) is 4.09. The summed E-state index contributed by atoms with van der Waals surface area (Å²) >= 11 is 0. The van der Waals surface area contributed by atoms with Gasteiger partial charge >= 0.3 is 0 Å². The third-order valence-electron chi connectivity index (χ3n) is 2.70. The minimum Gasteiger partial charge on any atom is -0.395 e. The van der Waals surface area contributed by atoms with Crippen LogP contribution in [0.3, 0.4) is 0 Å². The van der Waals surface area contributed by atoms with Crippen LogP contribution in [-0.2, 0) is 0 Å². The van der Waals surface area contributed by atoms with Crippen molar-refractivity contribution < 1.29 is 5.11 Å². The van der Waals surface area contributed by atoms with Crippen molar-refractivity contribution in [3.05, 3.63) is 0 Å². The average Bonchev–Trinajstić information content (AvgIpc) is 2.50. The van der Waals surface area contributed by atoms with Crippen molar-refractivity contribution in [2.45, 2.75) is 26.3 Å². The van der Waals surface area contributed by atoms with E-state index in [0.29, 0.717) is 0 Å². The molecule has 13 heavy (non-hydrogen) atoms. The van der Waals surface area contributed by atoms with Gasteiger partial charge in [-0.3, -0.25) is 0 Å². The van der Waals surface area contributed by atoms with Gasteiger partial charge in [-0.25, -0.2) is 0 Å². The second kappa shape index (κ2) is 5.58. The molecule has 0 spiro atoms. The molecule has 0 aromatic heterocycles. The maximum Gasteiger partial charge on any atom is 0.0597 e. The Morgan fingerprint density at radius 3 is 2.85 bits per heavy atom. The molecule has 0 radical (unpaired) electrons. The number of aliphatic hydroxyl groups is 1. The minimum absolute atomic E-state index is 0.249. The first-order chi connectivity index (χ1) is 6.26. The first-order valence-electron chi connectivity index (χ1n) is 5.32. The number of nitrogens with one attached hydrogen (secondary N) is 1. The van der Waals surface area contributed by atoms with Gasteiger partial charge in [-0.15, -0.1) is 0 Å². The fourth-order valence-electron chi connectivity index (χ4n) is 1.98. The summed E-state index contributed by atoms with van der Waals surface area (Å²) < 4.78 is 0. The molecule has 1 rings (SSSR count). The fraction of sp³-hybridized carbons (Fsp3) is 1.00. The average molecular weight is 186 g/mol. The molecule has 2 N–H and O–H groups in total. The summed E-state index contributed by atoms with van der Waals surface area (Å²) in [6.45, 7) is 8.95. The van der Waals surface area contributed by atoms with Gasteiger partial charge in [-0.1, -0.05) is 13.8 Å². The van der Waals surface area contributed by atoms with E-state index in [1.54, 1.807) is 0 Å². The van der Waals surface area contributed by atoms with E-state index in [4.69, 9.17) is 5.11 Å². The largest absolute Gasteiger partial charge is 0.395 e. The van der Waals surface area contributed by atoms with Crippen molar-refractivity contribution in [1.29, 1.82) is 0 Å². The highest BCUT2D eigenvalue weighted by Crippen LogP contribution is 2.14. The van der Waals surface area contributed by atoms with E-state index in [9.17, 15) is 0 Å². The van der Waals surface area contributed by atoms with E-state index in [-0.39, 0.29) is 12.6 Å². The van der Waals surface area contributed by atoms with Crippen LogP contribution in [0.1, 0.15) is 20.3 Å². The summed E-state index contributed by atoms with van der Waals surface area (Å²) in [5.41, 5.74) is 0. The molecule has 2 atom stereocenters. The quantitative estimate of drug-likeness (QED) is 0.648. The Labute approximate surface area is 81.1 Å². The van der Waals surface area contributed by atoms with Gasteiger partial charge in [0.2, 0.25) is 0 Å². The monoisotopic (exact) mass is 186 g/mol. The van der Waals surface area contributed by atoms with E-state index >= 15 is 0 Å². The normalized spacial score (nSPS) is 26.5. The van der Waals surface area contributed by atoms with Crippen LogP contribution in [0.25, 0.3) is 0 Å². The third kappa shape index (κ3) is 3.63. The maximum absolute atomic E-state index is 9.09. The number of hydrogen-bond donors (Lipinski definition) is 2. The Bertz CT molecular complexity index is 139. The lowest BCUT2D eigenvalue weighted by molar-refractivity contribution is 0.198. The standard InChI is InChI=1S/C10H22N2O/c1-3-11-10(8-13)7-12-5-4-9(2)6-12/h9-11,13H,3-8H2,1-2H3. The van der Waals surface area contributed by atoms with Gasteiger partial charge in [0.25, 0.3) is 0 Å². The van der Waals surface area contributed by atoms with Crippen molar-refractivity contribution in [3.8, 4) is 0 Å². The van der Waals surface area contributed by atoms with Crippen molar-refractivity contribution in [2.24, 2.45) is 5.92 Å². The lowest BCUT2D eigenvalue weighted by Crippen LogP contribution is -2.42. The first kappa shape index (κ1) is 11.0. The van der Waals surface area contributed by atoms with Gasteiger partial charge in [0, 0.05) is 19.1 Å². The van der Waals surface area contributed by atoms with E-state index in [0.717, 1.165) is 19.0 Å². The van der Waals surface area contributed by atoms with Crippen LogP contribution < -0.4 is 5.32 Å². The van der Waals surface area contributed by atoms with E-state index in [1.165, 1.54) is 19.5 Å². The smallest absolute Gasteiger partial charge is 0.0597 e. The summed E-state index contributed by atoms with van der Waals surface area (Å²) in [4.78, 5) is 2.44. The van der Waals surface area contributed by atoms with Gasteiger partial charge in [0.15, 0.2) is 0 Å². The van der Waals surface area contributed by atoms with E-state index < -0.39 is 0 Å². The van der Waals surface area contributed by atoms with E-state index in [2.05, 4.69) is 24.1 Å². The van der Waals surface area contributed by atoms with Gasteiger partial charge in [-0.2, -0.15) is 0 Å². The number of rotatable bonds is 5. The Hall–Kier alpha value is -0.120. The Morgan fingerprint density at radius 1 is 1.62 bits per heavy atom. The fourth-order valence-corrected chi connectivity index (χ4v) is 1.98. The topological polar surface area (TPSA) is 35.5 Å². The maximum atomic E-state index is 9.09. The van der Waals surface area contributed by atoms with Crippen LogP contribution in [0.15, 0.2) is 0 Å². The molecule has 0 aliphatic carbocycles. The van der Waals surface area contributed by atoms with Crippen LogP contribution in [0.4, 0.5) is 0 Å². The predicted molar refractivity (Wildman–Crippen MR) is 54.8 cm³/mol. The Morgan fingerprint density at radius 2 is 2.38 bits per heavy atom. The molecule has 1 fully saturated rings. The summed E-state index contributed by atoms with van der Waals surface area (Å²) in [5.74, 6) is 0.834. The van der Waals surface area contributed by atoms with Gasteiger partial charge < -0.3 is 15.3 Å². The minimum atomic E-state index is 0.249. The van der Waals surface area contributed by atoms with Crippen molar-refractivity contribution in [1.82, 2.24) is 10.2 Å². The lowest BCUT2D eigenvalue weighted by atomic mass is 10.2. The van der Waals surface area contributed by atoms with Crippen LogP contribution in [0.5, 0.6) is 0 Å². The summed E-state index contributed by atoms with van der Waals surface area (Å²) in [5, 5.41) is 12.4. The molecule has 1 aliphatic rings. The van der Waals surface area contributed by atoms with Crippen molar-refractivity contribution in [3.63, 3.8) is 0 Å². The zero-order valence-corrected chi connectivity index (χ0v) is 8.79. The molecular formula is C10H22N2O. The van der Waals surface area contributed by atoms with Gasteiger partial charge in [-0.05, 0) is 25.4 Å². The van der Waals surface area contributed by atoms with Crippen LogP contribution in [0, 0.1) is 5.92 Å². The molecule has 0 saturated carbocycles. The molecule has 0 bridgehead atoms. The number of likely N-dealkylation sites (tertiary alicyclic amines) is 1. The van der Waals surface area contributed by atoms with Gasteiger partial charge in [0.1, 0.15) is 0 Å². The van der Waals surface area contributed by atoms with Crippen LogP contribution in [0.2, 0.25) is 0 Å². The molecular weight excluding hydrogens is 164 g/mol. The lowest BCUT2D eigenvalue weighted by Gasteiger charge is -2.22. The Balaban J connectivity index is 2.21. The number of aliphatic hydroxyl groups excluding tert-OH is 1. The molecule has 1 saturated heterocycles. The molecule has 78 valence electrons. The highest BCUT2D eigenvalue weighted by atomic mass is 16.3.